The molecule has 0 atom stereocenters. The Bertz CT molecular complexity index is 403. The molecule has 0 spiro atoms. The quantitative estimate of drug-likeness (QED) is 0.839. The van der Waals surface area contributed by atoms with Gasteiger partial charge in [-0.3, -0.25) is 4.79 Å². The van der Waals surface area contributed by atoms with Crippen LogP contribution in [0.4, 0.5) is 4.79 Å². The van der Waals surface area contributed by atoms with Crippen LogP contribution < -0.4 is 10.6 Å². The summed E-state index contributed by atoms with van der Waals surface area (Å²) in [5, 5.41) is 6.21. The third kappa shape index (κ3) is 6.04. The monoisotopic (exact) mass is 323 g/mol. The van der Waals surface area contributed by atoms with Crippen LogP contribution >= 0.6 is 0 Å². The van der Waals surface area contributed by atoms with Crippen LogP contribution in [0.3, 0.4) is 0 Å². The Balaban J connectivity index is 1.69. The molecule has 5 heteroatoms. The van der Waals surface area contributed by atoms with Gasteiger partial charge < -0.3 is 15.5 Å². The predicted octanol–water partition coefficient (Wildman–Crippen LogP) is 2.90. The summed E-state index contributed by atoms with van der Waals surface area (Å²) in [6.07, 6.45) is 7.45. The Morgan fingerprint density at radius 1 is 1.00 bits per heavy atom. The molecule has 1 aliphatic heterocycles. The van der Waals surface area contributed by atoms with E-state index < -0.39 is 0 Å². The van der Waals surface area contributed by atoms with E-state index in [0.29, 0.717) is 6.54 Å². The number of rotatable bonds is 3. The van der Waals surface area contributed by atoms with E-state index in [-0.39, 0.29) is 29.3 Å². The number of carbonyl (C=O) groups excluding carboxylic acids is 2. The van der Waals surface area contributed by atoms with Crippen molar-refractivity contribution >= 4 is 11.9 Å². The van der Waals surface area contributed by atoms with Crippen molar-refractivity contribution in [3.05, 3.63) is 0 Å². The second-order valence-electron chi connectivity index (χ2n) is 8.32. The highest BCUT2D eigenvalue weighted by molar-refractivity contribution is 5.79. The van der Waals surface area contributed by atoms with Gasteiger partial charge >= 0.3 is 6.03 Å². The fraction of sp³-hybridized carbons (Fsp3) is 0.889. The topological polar surface area (TPSA) is 61.4 Å². The van der Waals surface area contributed by atoms with Crippen molar-refractivity contribution in [3.63, 3.8) is 0 Å². The fourth-order valence-corrected chi connectivity index (χ4v) is 3.36. The van der Waals surface area contributed by atoms with Gasteiger partial charge in [0, 0.05) is 31.6 Å². The van der Waals surface area contributed by atoms with Crippen molar-refractivity contribution in [1.29, 1.82) is 0 Å². The third-order valence-corrected chi connectivity index (χ3v) is 4.87. The summed E-state index contributed by atoms with van der Waals surface area (Å²) in [6, 6.07) is 0.257. The molecule has 0 aromatic rings. The summed E-state index contributed by atoms with van der Waals surface area (Å²) in [5.41, 5.74) is 0.0992. The molecule has 0 aromatic carbocycles. The predicted molar refractivity (Wildman–Crippen MR) is 92.2 cm³/mol. The van der Waals surface area contributed by atoms with Crippen LogP contribution in [0.1, 0.15) is 65.7 Å². The number of likely N-dealkylation sites (tertiary alicyclic amines) is 1. The van der Waals surface area contributed by atoms with Gasteiger partial charge in [0.05, 0.1) is 0 Å². The summed E-state index contributed by atoms with van der Waals surface area (Å²) in [7, 11) is 0. The fourth-order valence-electron chi connectivity index (χ4n) is 3.36. The standard InChI is InChI=1S/C18H33N3O2/c1-18(2,3)13-19-17(23)21-11-9-15(10-12-21)20-16(22)14-7-5-4-6-8-14/h14-15H,4-13H2,1-3H3,(H,19,23)(H,20,22). The van der Waals surface area contributed by atoms with E-state index in [1.165, 1.54) is 19.3 Å². The molecule has 2 rings (SSSR count). The highest BCUT2D eigenvalue weighted by Gasteiger charge is 2.27. The Labute approximate surface area is 140 Å². The lowest BCUT2D eigenvalue weighted by Gasteiger charge is -2.34. The van der Waals surface area contributed by atoms with Gasteiger partial charge in [0.15, 0.2) is 0 Å². The van der Waals surface area contributed by atoms with Crippen LogP contribution in [0.5, 0.6) is 0 Å². The zero-order valence-electron chi connectivity index (χ0n) is 15.0. The highest BCUT2D eigenvalue weighted by Crippen LogP contribution is 2.24. The molecule has 2 fully saturated rings. The zero-order valence-corrected chi connectivity index (χ0v) is 15.0. The van der Waals surface area contributed by atoms with Gasteiger partial charge in [-0.05, 0) is 31.1 Å². The van der Waals surface area contributed by atoms with Gasteiger partial charge in [-0.15, -0.1) is 0 Å². The minimum atomic E-state index is 0.0250. The van der Waals surface area contributed by atoms with E-state index in [1.807, 2.05) is 4.90 Å². The molecule has 2 N–H and O–H groups in total. The molecule has 132 valence electrons. The van der Waals surface area contributed by atoms with Crippen molar-refractivity contribution in [3.8, 4) is 0 Å². The van der Waals surface area contributed by atoms with E-state index in [4.69, 9.17) is 0 Å². The Hall–Kier alpha value is -1.26. The maximum absolute atomic E-state index is 12.3. The molecule has 2 aliphatic rings. The molecule has 1 saturated heterocycles. The minimum absolute atomic E-state index is 0.0250. The summed E-state index contributed by atoms with van der Waals surface area (Å²) >= 11 is 0. The molecular weight excluding hydrogens is 290 g/mol. The van der Waals surface area contributed by atoms with Gasteiger partial charge in [-0.1, -0.05) is 40.0 Å². The van der Waals surface area contributed by atoms with Crippen LogP contribution in [0.2, 0.25) is 0 Å². The number of hydrogen-bond acceptors (Lipinski definition) is 2. The smallest absolute Gasteiger partial charge is 0.317 e. The number of nitrogens with zero attached hydrogens (tertiary/aromatic N) is 1. The van der Waals surface area contributed by atoms with Gasteiger partial charge in [0.2, 0.25) is 5.91 Å². The largest absolute Gasteiger partial charge is 0.353 e. The van der Waals surface area contributed by atoms with Crippen LogP contribution in [0.15, 0.2) is 0 Å². The first-order chi connectivity index (χ1) is 10.8. The average Bonchev–Trinajstić information content (AvgIpc) is 2.53. The van der Waals surface area contributed by atoms with Crippen LogP contribution in [0, 0.1) is 11.3 Å². The van der Waals surface area contributed by atoms with E-state index in [2.05, 4.69) is 31.4 Å². The van der Waals surface area contributed by atoms with Crippen molar-refractivity contribution in [2.45, 2.75) is 71.8 Å². The molecule has 0 radical (unpaired) electrons. The van der Waals surface area contributed by atoms with Gasteiger partial charge in [-0.25, -0.2) is 4.79 Å². The van der Waals surface area contributed by atoms with Gasteiger partial charge in [0.25, 0.3) is 0 Å². The summed E-state index contributed by atoms with van der Waals surface area (Å²) in [5.74, 6) is 0.456. The van der Waals surface area contributed by atoms with Crippen molar-refractivity contribution in [2.75, 3.05) is 19.6 Å². The van der Waals surface area contributed by atoms with Crippen molar-refractivity contribution in [1.82, 2.24) is 15.5 Å². The number of urea groups is 1. The Morgan fingerprint density at radius 2 is 1.61 bits per heavy atom. The van der Waals surface area contributed by atoms with Crippen molar-refractivity contribution in [2.24, 2.45) is 11.3 Å². The summed E-state index contributed by atoms with van der Waals surface area (Å²) < 4.78 is 0. The van der Waals surface area contributed by atoms with E-state index >= 15 is 0 Å². The second kappa shape index (κ2) is 8.02. The lowest BCUT2D eigenvalue weighted by molar-refractivity contribution is -0.126. The normalized spacial score (nSPS) is 21.1. The highest BCUT2D eigenvalue weighted by atomic mass is 16.2. The maximum Gasteiger partial charge on any atom is 0.317 e. The molecule has 1 aliphatic carbocycles. The van der Waals surface area contributed by atoms with Crippen molar-refractivity contribution < 1.29 is 9.59 Å². The third-order valence-electron chi connectivity index (χ3n) is 4.87. The average molecular weight is 323 g/mol. The summed E-state index contributed by atoms with van der Waals surface area (Å²) in [6.45, 7) is 8.47. The molecule has 0 bridgehead atoms. The lowest BCUT2D eigenvalue weighted by atomic mass is 9.88. The van der Waals surface area contributed by atoms with Gasteiger partial charge in [0.1, 0.15) is 0 Å². The number of nitrogens with one attached hydrogen (secondary N) is 2. The van der Waals surface area contributed by atoms with E-state index in [0.717, 1.165) is 38.8 Å². The molecule has 0 unspecified atom stereocenters. The lowest BCUT2D eigenvalue weighted by Crippen LogP contribution is -2.51. The van der Waals surface area contributed by atoms with Crippen LogP contribution in [-0.2, 0) is 4.79 Å². The Morgan fingerprint density at radius 3 is 2.17 bits per heavy atom. The second-order valence-corrected chi connectivity index (χ2v) is 8.32. The molecule has 23 heavy (non-hydrogen) atoms. The number of hydrogen-bond donors (Lipinski definition) is 2. The van der Waals surface area contributed by atoms with Crippen LogP contribution in [-0.4, -0.2) is 42.5 Å². The molecule has 0 aromatic heterocycles. The SMILES string of the molecule is CC(C)(C)CNC(=O)N1CCC(NC(=O)C2CCCCC2)CC1. The number of piperidine rings is 1. The van der Waals surface area contributed by atoms with Crippen LogP contribution in [0.25, 0.3) is 0 Å². The first kappa shape index (κ1) is 18.1. The summed E-state index contributed by atoms with van der Waals surface area (Å²) in [4.78, 5) is 26.3. The number of carbonyl (C=O) groups is 2. The minimum Gasteiger partial charge on any atom is -0.353 e. The number of amides is 3. The van der Waals surface area contributed by atoms with E-state index in [9.17, 15) is 9.59 Å². The molecule has 1 heterocycles. The molecule has 3 amide bonds. The zero-order chi connectivity index (χ0) is 16.9. The van der Waals surface area contributed by atoms with Gasteiger partial charge in [-0.2, -0.15) is 0 Å². The first-order valence-electron chi connectivity index (χ1n) is 9.18. The van der Waals surface area contributed by atoms with E-state index in [1.54, 1.807) is 0 Å². The molecule has 1 saturated carbocycles. The molecule has 5 nitrogen and oxygen atoms in total. The molecular formula is C18H33N3O2. The first-order valence-corrected chi connectivity index (χ1v) is 9.18. The maximum atomic E-state index is 12.3. The Kier molecular flexibility index (Phi) is 6.31.